The van der Waals surface area contributed by atoms with E-state index in [1.807, 2.05) is 7.05 Å². The minimum absolute atomic E-state index is 0.134. The summed E-state index contributed by atoms with van der Waals surface area (Å²) in [5.74, 6) is 0. The molecule has 1 aliphatic carbocycles. The van der Waals surface area contributed by atoms with Gasteiger partial charge in [-0.1, -0.05) is 30.6 Å². The molecule has 1 aliphatic rings. The molecule has 0 bridgehead atoms. The summed E-state index contributed by atoms with van der Waals surface area (Å²) in [5.41, 5.74) is 0. The van der Waals surface area contributed by atoms with Crippen molar-refractivity contribution in [3.63, 3.8) is 0 Å². The van der Waals surface area contributed by atoms with E-state index in [1.165, 1.54) is 25.5 Å². The van der Waals surface area contributed by atoms with E-state index in [9.17, 15) is 8.42 Å². The summed E-state index contributed by atoms with van der Waals surface area (Å²) in [6.45, 7) is 0. The van der Waals surface area contributed by atoms with Crippen molar-refractivity contribution in [3.8, 4) is 0 Å². The van der Waals surface area contributed by atoms with Crippen LogP contribution in [0.4, 0.5) is 5.13 Å². The number of sulfonamides is 1. The van der Waals surface area contributed by atoms with Gasteiger partial charge in [0.2, 0.25) is 10.0 Å². The Labute approximate surface area is 106 Å². The van der Waals surface area contributed by atoms with E-state index < -0.39 is 10.0 Å². The van der Waals surface area contributed by atoms with Gasteiger partial charge in [-0.3, -0.25) is 0 Å². The van der Waals surface area contributed by atoms with Crippen LogP contribution in [-0.4, -0.2) is 26.5 Å². The van der Waals surface area contributed by atoms with Gasteiger partial charge in [-0.2, -0.15) is 0 Å². The molecule has 0 spiro atoms. The molecule has 0 radical (unpaired) electrons. The van der Waals surface area contributed by atoms with Crippen molar-refractivity contribution in [1.82, 2.24) is 4.98 Å². The van der Waals surface area contributed by atoms with Gasteiger partial charge in [0, 0.05) is 13.1 Å². The van der Waals surface area contributed by atoms with Gasteiger partial charge < -0.3 is 4.90 Å². The minimum atomic E-state index is -3.62. The number of aromatic nitrogens is 1. The van der Waals surface area contributed by atoms with Gasteiger partial charge in [-0.05, 0) is 12.8 Å². The highest BCUT2D eigenvalue weighted by Crippen LogP contribution is 2.30. The molecule has 1 heterocycles. The van der Waals surface area contributed by atoms with Crippen molar-refractivity contribution in [2.75, 3.05) is 11.9 Å². The molecule has 96 valence electrons. The Kier molecular flexibility index (Phi) is 3.70. The summed E-state index contributed by atoms with van der Waals surface area (Å²) in [6.07, 6.45) is 7.42. The quantitative estimate of drug-likeness (QED) is 0.908. The number of nitrogens with zero attached hydrogens (tertiary/aromatic N) is 2. The van der Waals surface area contributed by atoms with Gasteiger partial charge in [0.15, 0.2) is 9.34 Å². The largest absolute Gasteiger partial charge is 0.348 e. The monoisotopic (exact) mass is 275 g/mol. The molecule has 0 aromatic carbocycles. The molecule has 2 N–H and O–H groups in total. The van der Waals surface area contributed by atoms with Crippen LogP contribution in [0.5, 0.6) is 0 Å². The highest BCUT2D eigenvalue weighted by molar-refractivity contribution is 7.91. The van der Waals surface area contributed by atoms with E-state index in [-0.39, 0.29) is 4.21 Å². The Morgan fingerprint density at radius 1 is 1.41 bits per heavy atom. The Balaban J connectivity index is 2.14. The zero-order chi connectivity index (χ0) is 12.5. The first-order chi connectivity index (χ1) is 7.98. The Morgan fingerprint density at radius 3 is 2.59 bits per heavy atom. The van der Waals surface area contributed by atoms with Crippen molar-refractivity contribution in [2.24, 2.45) is 5.14 Å². The predicted octanol–water partition coefficient (Wildman–Crippen LogP) is 1.56. The second-order valence-corrected chi connectivity index (χ2v) is 7.21. The average molecular weight is 275 g/mol. The van der Waals surface area contributed by atoms with Gasteiger partial charge >= 0.3 is 0 Å². The van der Waals surface area contributed by atoms with Crippen molar-refractivity contribution in [2.45, 2.75) is 42.4 Å². The molecule has 2 rings (SSSR count). The first kappa shape index (κ1) is 12.8. The Morgan fingerprint density at radius 2 is 2.06 bits per heavy atom. The Hall–Kier alpha value is -0.660. The van der Waals surface area contributed by atoms with Gasteiger partial charge in [0.1, 0.15) is 0 Å². The van der Waals surface area contributed by atoms with Crippen molar-refractivity contribution in [1.29, 1.82) is 0 Å². The molecule has 1 aromatic rings. The lowest BCUT2D eigenvalue weighted by atomic mass is 9.95. The lowest BCUT2D eigenvalue weighted by Crippen LogP contribution is -2.33. The van der Waals surface area contributed by atoms with Crippen molar-refractivity contribution < 1.29 is 8.42 Å². The molecule has 17 heavy (non-hydrogen) atoms. The van der Waals surface area contributed by atoms with Gasteiger partial charge in [-0.15, -0.1) is 0 Å². The first-order valence-corrected chi connectivity index (χ1v) is 8.06. The van der Waals surface area contributed by atoms with E-state index in [0.29, 0.717) is 6.04 Å². The third kappa shape index (κ3) is 2.97. The van der Waals surface area contributed by atoms with Crippen LogP contribution in [0.2, 0.25) is 0 Å². The fraction of sp³-hybridized carbons (Fsp3) is 0.700. The Bertz CT molecular complexity index is 477. The molecule has 0 aliphatic heterocycles. The number of hydrogen-bond donors (Lipinski definition) is 1. The smallest absolute Gasteiger partial charge is 0.249 e. The minimum Gasteiger partial charge on any atom is -0.348 e. The zero-order valence-corrected chi connectivity index (χ0v) is 11.4. The van der Waals surface area contributed by atoms with Gasteiger partial charge in [-0.25, -0.2) is 18.5 Å². The highest BCUT2D eigenvalue weighted by atomic mass is 32.2. The molecule has 5 nitrogen and oxygen atoms in total. The second kappa shape index (κ2) is 4.91. The molecular weight excluding hydrogens is 258 g/mol. The molecule has 1 aromatic heterocycles. The highest BCUT2D eigenvalue weighted by Gasteiger charge is 2.22. The van der Waals surface area contributed by atoms with Gasteiger partial charge in [0.25, 0.3) is 0 Å². The maximum Gasteiger partial charge on any atom is 0.249 e. The molecule has 0 atom stereocenters. The van der Waals surface area contributed by atoms with E-state index in [4.69, 9.17) is 5.14 Å². The fourth-order valence-corrected chi connectivity index (χ4v) is 3.74. The van der Waals surface area contributed by atoms with Crippen LogP contribution in [0.3, 0.4) is 0 Å². The molecule has 7 heteroatoms. The molecule has 0 saturated heterocycles. The number of nitrogens with two attached hydrogens (primary N) is 1. The standard InChI is InChI=1S/C10H17N3O2S2/c1-13(8-5-3-2-4-6-8)10-12-7-9(16-10)17(11,14)15/h7-8H,2-6H2,1H3,(H2,11,14,15). The van der Waals surface area contributed by atoms with Crippen LogP contribution < -0.4 is 10.0 Å². The fourth-order valence-electron chi connectivity index (χ4n) is 2.17. The number of anilines is 1. The average Bonchev–Trinajstić information content (AvgIpc) is 2.78. The van der Waals surface area contributed by atoms with E-state index in [2.05, 4.69) is 9.88 Å². The van der Waals surface area contributed by atoms with Crippen molar-refractivity contribution >= 4 is 26.5 Å². The lowest BCUT2D eigenvalue weighted by molar-refractivity contribution is 0.427. The van der Waals surface area contributed by atoms with E-state index in [0.717, 1.165) is 29.3 Å². The topological polar surface area (TPSA) is 76.3 Å². The first-order valence-electron chi connectivity index (χ1n) is 5.70. The van der Waals surface area contributed by atoms with Crippen LogP contribution in [-0.2, 0) is 10.0 Å². The van der Waals surface area contributed by atoms with Crippen LogP contribution in [0.1, 0.15) is 32.1 Å². The summed E-state index contributed by atoms with van der Waals surface area (Å²) in [5, 5.41) is 5.81. The number of hydrogen-bond acceptors (Lipinski definition) is 5. The number of rotatable bonds is 3. The molecule has 1 fully saturated rings. The summed E-state index contributed by atoms with van der Waals surface area (Å²) < 4.78 is 22.5. The summed E-state index contributed by atoms with van der Waals surface area (Å²) in [7, 11) is -1.64. The maximum atomic E-state index is 11.2. The summed E-state index contributed by atoms with van der Waals surface area (Å²) in [4.78, 5) is 6.22. The van der Waals surface area contributed by atoms with Crippen LogP contribution in [0.15, 0.2) is 10.4 Å². The molecule has 0 unspecified atom stereocenters. The van der Waals surface area contributed by atoms with Crippen LogP contribution in [0, 0.1) is 0 Å². The molecular formula is C10H17N3O2S2. The number of thiazole rings is 1. The molecule has 1 saturated carbocycles. The van der Waals surface area contributed by atoms with E-state index in [1.54, 1.807) is 0 Å². The SMILES string of the molecule is CN(c1ncc(S(N)(=O)=O)s1)C1CCCCC1. The third-order valence-corrected chi connectivity index (χ3v) is 5.67. The summed E-state index contributed by atoms with van der Waals surface area (Å²) >= 11 is 1.14. The number of primary sulfonamides is 1. The normalized spacial score (nSPS) is 18.2. The van der Waals surface area contributed by atoms with Crippen LogP contribution >= 0.6 is 11.3 Å². The van der Waals surface area contributed by atoms with Crippen LogP contribution in [0.25, 0.3) is 0 Å². The van der Waals surface area contributed by atoms with Gasteiger partial charge in [0.05, 0.1) is 6.20 Å². The van der Waals surface area contributed by atoms with E-state index >= 15 is 0 Å². The third-order valence-electron chi connectivity index (χ3n) is 3.18. The molecule has 0 amide bonds. The summed E-state index contributed by atoms with van der Waals surface area (Å²) in [6, 6.07) is 0.475. The lowest BCUT2D eigenvalue weighted by Gasteiger charge is -2.30. The second-order valence-electron chi connectivity index (χ2n) is 4.41. The predicted molar refractivity (Wildman–Crippen MR) is 68.8 cm³/mol. The zero-order valence-electron chi connectivity index (χ0n) is 9.80. The van der Waals surface area contributed by atoms with Crippen molar-refractivity contribution in [3.05, 3.63) is 6.20 Å². The maximum absolute atomic E-state index is 11.2.